The Kier molecular flexibility index (Phi) is 8.20. The topological polar surface area (TPSA) is 143 Å². The molecule has 0 atom stereocenters. The van der Waals surface area contributed by atoms with Crippen LogP contribution in [0.25, 0.3) is 55.2 Å². The Morgan fingerprint density at radius 1 is 0.769 bits per heavy atom. The van der Waals surface area contributed by atoms with E-state index in [0.717, 1.165) is 44.6 Å². The van der Waals surface area contributed by atoms with E-state index >= 15 is 0 Å². The lowest BCUT2D eigenvalue weighted by atomic mass is 9.88. The zero-order valence-corrected chi connectivity index (χ0v) is 29.0. The highest BCUT2D eigenvalue weighted by Crippen LogP contribution is 2.45. The number of hydrogen-bond donors (Lipinski definition) is 4. The van der Waals surface area contributed by atoms with E-state index in [1.807, 2.05) is 80.6 Å². The predicted molar refractivity (Wildman–Crippen MR) is 209 cm³/mol. The van der Waals surface area contributed by atoms with Crippen molar-refractivity contribution in [1.29, 1.82) is 0 Å². The van der Waals surface area contributed by atoms with Crippen molar-refractivity contribution in [2.75, 3.05) is 16.4 Å². The second-order valence-corrected chi connectivity index (χ2v) is 13.2. The van der Waals surface area contributed by atoms with Crippen LogP contribution in [0.15, 0.2) is 112 Å². The summed E-state index contributed by atoms with van der Waals surface area (Å²) in [5.41, 5.74) is 14.5. The third kappa shape index (κ3) is 5.71. The van der Waals surface area contributed by atoms with Crippen LogP contribution in [0.1, 0.15) is 32.9 Å². The SMILES string of the molecule is Cc1ccc2cccc(NCc3c4oc5c(CNc6cccc7ccc(C)nc67)c(N)ccc5c(-c5ccccc5C(=O)O)c-4cc(Cl)c3=O)c2n1. The molecule has 0 bridgehead atoms. The maximum atomic E-state index is 13.9. The van der Waals surface area contributed by atoms with Gasteiger partial charge in [-0.1, -0.05) is 66.2 Å². The van der Waals surface area contributed by atoms with E-state index in [2.05, 4.69) is 10.6 Å². The van der Waals surface area contributed by atoms with E-state index in [1.54, 1.807) is 36.4 Å². The molecule has 0 unspecified atom stereocenters. The molecule has 2 aliphatic rings. The fourth-order valence-electron chi connectivity index (χ4n) is 6.84. The van der Waals surface area contributed by atoms with Crippen molar-refractivity contribution in [1.82, 2.24) is 9.97 Å². The fourth-order valence-corrected chi connectivity index (χ4v) is 7.06. The minimum absolute atomic E-state index is 0.0177. The number of nitrogens with one attached hydrogen (secondary N) is 2. The van der Waals surface area contributed by atoms with Gasteiger partial charge in [-0.2, -0.15) is 0 Å². The van der Waals surface area contributed by atoms with Gasteiger partial charge in [0.15, 0.2) is 0 Å². The normalized spacial score (nSPS) is 11.4. The van der Waals surface area contributed by atoms with Crippen molar-refractivity contribution in [2.24, 2.45) is 0 Å². The smallest absolute Gasteiger partial charge is 0.336 e. The first kappa shape index (κ1) is 32.7. The maximum Gasteiger partial charge on any atom is 0.336 e. The number of nitrogens with zero attached hydrogens (tertiary/aromatic N) is 2. The van der Waals surface area contributed by atoms with Crippen LogP contribution in [-0.2, 0) is 13.1 Å². The van der Waals surface area contributed by atoms with Crippen LogP contribution in [0.4, 0.5) is 17.1 Å². The molecule has 6 aromatic rings. The number of hydrogen-bond acceptors (Lipinski definition) is 8. The maximum absolute atomic E-state index is 13.9. The van der Waals surface area contributed by atoms with Crippen LogP contribution < -0.4 is 21.8 Å². The Morgan fingerprint density at radius 2 is 1.38 bits per heavy atom. The van der Waals surface area contributed by atoms with Gasteiger partial charge in [0.2, 0.25) is 5.43 Å². The Bertz CT molecular complexity index is 2760. The first-order valence-electron chi connectivity index (χ1n) is 16.7. The molecule has 8 rings (SSSR count). The molecular formula is C42H32ClN5O4. The quantitative estimate of drug-likeness (QED) is 0.0898. The van der Waals surface area contributed by atoms with Gasteiger partial charge < -0.3 is 25.9 Å². The zero-order chi connectivity index (χ0) is 36.1. The molecule has 2 aromatic heterocycles. The fraction of sp³-hybridized carbons (Fsp3) is 0.0952. The highest BCUT2D eigenvalue weighted by molar-refractivity contribution is 6.31. The number of carbonyl (C=O) groups is 1. The summed E-state index contributed by atoms with van der Waals surface area (Å²) >= 11 is 6.69. The summed E-state index contributed by atoms with van der Waals surface area (Å²) in [4.78, 5) is 36.0. The van der Waals surface area contributed by atoms with Crippen molar-refractivity contribution in [2.45, 2.75) is 26.9 Å². The molecule has 0 spiro atoms. The minimum Gasteiger partial charge on any atom is -0.478 e. The van der Waals surface area contributed by atoms with E-state index in [4.69, 9.17) is 31.7 Å². The van der Waals surface area contributed by atoms with Crippen LogP contribution >= 0.6 is 11.6 Å². The van der Waals surface area contributed by atoms with E-state index in [-0.39, 0.29) is 35.0 Å². The highest BCUT2D eigenvalue weighted by Gasteiger charge is 2.27. The van der Waals surface area contributed by atoms with Crippen LogP contribution in [0.2, 0.25) is 5.02 Å². The van der Waals surface area contributed by atoms with Gasteiger partial charge in [0.1, 0.15) is 11.3 Å². The van der Waals surface area contributed by atoms with Gasteiger partial charge in [0.05, 0.1) is 38.6 Å². The van der Waals surface area contributed by atoms with Crippen molar-refractivity contribution < 1.29 is 14.3 Å². The Balaban J connectivity index is 1.35. The summed E-state index contributed by atoms with van der Waals surface area (Å²) < 4.78 is 6.78. The number of anilines is 3. The number of aryl methyl sites for hydroxylation is 2. The molecule has 52 heavy (non-hydrogen) atoms. The molecule has 0 fully saturated rings. The van der Waals surface area contributed by atoms with E-state index in [0.29, 0.717) is 38.9 Å². The molecule has 0 amide bonds. The lowest BCUT2D eigenvalue weighted by Crippen LogP contribution is -2.17. The molecular weight excluding hydrogens is 674 g/mol. The van der Waals surface area contributed by atoms with E-state index in [9.17, 15) is 14.7 Å². The van der Waals surface area contributed by atoms with Gasteiger partial charge >= 0.3 is 5.97 Å². The summed E-state index contributed by atoms with van der Waals surface area (Å²) in [5, 5.41) is 19.7. The van der Waals surface area contributed by atoms with E-state index < -0.39 is 11.4 Å². The third-order valence-electron chi connectivity index (χ3n) is 9.38. The average Bonchev–Trinajstić information content (AvgIpc) is 3.14. The number of halogens is 1. The van der Waals surface area contributed by atoms with E-state index in [1.165, 1.54) is 0 Å². The number of carboxylic acids is 1. The van der Waals surface area contributed by atoms with Crippen LogP contribution in [0.5, 0.6) is 0 Å². The van der Waals surface area contributed by atoms with Crippen LogP contribution in [0, 0.1) is 13.8 Å². The monoisotopic (exact) mass is 705 g/mol. The van der Waals surface area contributed by atoms with Crippen LogP contribution in [0.3, 0.4) is 0 Å². The number of pyridine rings is 2. The van der Waals surface area contributed by atoms with Gasteiger partial charge in [-0.3, -0.25) is 14.8 Å². The molecule has 1 aliphatic heterocycles. The number of nitrogen functional groups attached to an aromatic ring is 1. The first-order valence-corrected chi connectivity index (χ1v) is 17.1. The molecule has 10 heteroatoms. The summed E-state index contributed by atoms with van der Waals surface area (Å²) in [6, 6.07) is 31.6. The third-order valence-corrected chi connectivity index (χ3v) is 9.66. The second-order valence-electron chi connectivity index (χ2n) is 12.7. The van der Waals surface area contributed by atoms with Crippen molar-refractivity contribution >= 4 is 67.4 Å². The lowest BCUT2D eigenvalue weighted by Gasteiger charge is -2.22. The number of carboxylic acid groups (broad SMARTS) is 1. The van der Waals surface area contributed by atoms with Gasteiger partial charge in [-0.05, 0) is 67.9 Å². The molecule has 0 radical (unpaired) electrons. The molecule has 0 saturated carbocycles. The summed E-state index contributed by atoms with van der Waals surface area (Å²) in [6.45, 7) is 4.17. The average molecular weight is 706 g/mol. The zero-order valence-electron chi connectivity index (χ0n) is 28.3. The number of fused-ring (bicyclic) bond motifs is 4. The summed E-state index contributed by atoms with van der Waals surface area (Å²) in [7, 11) is 0. The number of nitrogens with two attached hydrogens (primary N) is 1. The molecule has 3 heterocycles. The molecule has 9 nitrogen and oxygen atoms in total. The van der Waals surface area contributed by atoms with Crippen molar-refractivity contribution in [3.05, 3.63) is 146 Å². The number of aromatic carboxylic acids is 1. The standard InChI is InChI=1S/C42H32ClN5O4/c1-22-13-15-24-7-5-11-34(37(24)47-22)45-20-30-33(44)18-17-28-36(26-9-3-4-10-27(26)42(50)51)29-19-32(43)39(49)31(41(29)52-40(28)30)21-46-35-12-6-8-25-16-14-23(2)48-38(25)35/h3-19,45-46H,20-21,44H2,1-2H3,(H,50,51). The highest BCUT2D eigenvalue weighted by atomic mass is 35.5. The Hall–Kier alpha value is -6.45. The van der Waals surface area contributed by atoms with Gasteiger partial charge in [-0.15, -0.1) is 0 Å². The number of rotatable bonds is 8. The van der Waals surface area contributed by atoms with Crippen LogP contribution in [-0.4, -0.2) is 21.0 Å². The molecule has 256 valence electrons. The largest absolute Gasteiger partial charge is 0.478 e. The van der Waals surface area contributed by atoms with Gasteiger partial charge in [-0.25, -0.2) is 4.79 Å². The lowest BCUT2D eigenvalue weighted by molar-refractivity contribution is 0.0697. The summed E-state index contributed by atoms with van der Waals surface area (Å²) in [5.74, 6) is -0.829. The number of para-hydroxylation sites is 2. The number of benzene rings is 5. The Labute approximate surface area is 303 Å². The van der Waals surface area contributed by atoms with Gasteiger partial charge in [0.25, 0.3) is 0 Å². The van der Waals surface area contributed by atoms with Gasteiger partial charge in [0, 0.05) is 63.0 Å². The van der Waals surface area contributed by atoms with Crippen molar-refractivity contribution in [3.63, 3.8) is 0 Å². The predicted octanol–water partition coefficient (Wildman–Crippen LogP) is 9.44. The molecule has 5 N–H and O–H groups in total. The summed E-state index contributed by atoms with van der Waals surface area (Å²) in [6.07, 6.45) is 0. The Morgan fingerprint density at radius 3 is 2.02 bits per heavy atom. The molecule has 0 saturated heterocycles. The minimum atomic E-state index is -1.10. The molecule has 4 aromatic carbocycles. The number of aromatic nitrogens is 2. The van der Waals surface area contributed by atoms with Crippen molar-refractivity contribution in [3.8, 4) is 22.5 Å². The molecule has 1 aliphatic carbocycles. The first-order chi connectivity index (χ1) is 25.2. The second kappa shape index (κ2) is 13.0.